The molecule has 0 radical (unpaired) electrons. The van der Waals surface area contributed by atoms with E-state index in [4.69, 9.17) is 5.73 Å². The lowest BCUT2D eigenvalue weighted by Gasteiger charge is -2.07. The van der Waals surface area contributed by atoms with Crippen LogP contribution in [0.2, 0.25) is 0 Å². The number of anilines is 1. The van der Waals surface area contributed by atoms with Gasteiger partial charge in [-0.2, -0.15) is 0 Å². The number of thioether (sulfide) groups is 1. The summed E-state index contributed by atoms with van der Waals surface area (Å²) in [7, 11) is 0. The standard InChI is InChI=1S/C15H13N3O4S/c1-23-11-6-7-13(18(21)22)12(8-11)15(20)17-10-4-2-9(3-5-10)14(16)19/h2-8H,1H3,(H2,16,19)(H,17,20). The van der Waals surface area contributed by atoms with Gasteiger partial charge in [0.15, 0.2) is 0 Å². The molecule has 23 heavy (non-hydrogen) atoms. The summed E-state index contributed by atoms with van der Waals surface area (Å²) in [5.41, 5.74) is 5.55. The van der Waals surface area contributed by atoms with Crippen molar-refractivity contribution >= 4 is 35.0 Å². The van der Waals surface area contributed by atoms with Crippen molar-refractivity contribution in [2.45, 2.75) is 4.90 Å². The van der Waals surface area contributed by atoms with Crippen molar-refractivity contribution in [3.05, 3.63) is 63.7 Å². The number of primary amides is 1. The zero-order valence-electron chi connectivity index (χ0n) is 12.1. The number of hydrogen-bond donors (Lipinski definition) is 2. The third-order valence-electron chi connectivity index (χ3n) is 3.07. The van der Waals surface area contributed by atoms with Crippen LogP contribution in [0.5, 0.6) is 0 Å². The van der Waals surface area contributed by atoms with E-state index in [1.165, 1.54) is 48.2 Å². The number of nitrogens with zero attached hydrogens (tertiary/aromatic N) is 1. The summed E-state index contributed by atoms with van der Waals surface area (Å²) in [6.45, 7) is 0. The molecule has 0 aliphatic carbocycles. The van der Waals surface area contributed by atoms with Crippen LogP contribution < -0.4 is 11.1 Å². The highest BCUT2D eigenvalue weighted by Crippen LogP contribution is 2.25. The topological polar surface area (TPSA) is 115 Å². The highest BCUT2D eigenvalue weighted by atomic mass is 32.2. The first-order valence-corrected chi connectivity index (χ1v) is 7.68. The fourth-order valence-corrected chi connectivity index (χ4v) is 2.34. The van der Waals surface area contributed by atoms with E-state index >= 15 is 0 Å². The maximum Gasteiger partial charge on any atom is 0.282 e. The largest absolute Gasteiger partial charge is 0.366 e. The molecular formula is C15H13N3O4S. The Bertz CT molecular complexity index is 775. The summed E-state index contributed by atoms with van der Waals surface area (Å²) in [6, 6.07) is 10.3. The van der Waals surface area contributed by atoms with Crippen molar-refractivity contribution in [2.24, 2.45) is 5.73 Å². The number of nitrogens with two attached hydrogens (primary N) is 1. The summed E-state index contributed by atoms with van der Waals surface area (Å²) < 4.78 is 0. The number of rotatable bonds is 5. The van der Waals surface area contributed by atoms with Crippen molar-refractivity contribution in [3.8, 4) is 0 Å². The van der Waals surface area contributed by atoms with Gasteiger partial charge in [-0.05, 0) is 42.7 Å². The average molecular weight is 331 g/mol. The van der Waals surface area contributed by atoms with Gasteiger partial charge in [-0.3, -0.25) is 19.7 Å². The van der Waals surface area contributed by atoms with Gasteiger partial charge in [0.1, 0.15) is 5.56 Å². The second-order valence-corrected chi connectivity index (χ2v) is 5.42. The van der Waals surface area contributed by atoms with Crippen LogP contribution in [0.15, 0.2) is 47.4 Å². The molecule has 0 aromatic heterocycles. The number of nitro groups is 1. The highest BCUT2D eigenvalue weighted by molar-refractivity contribution is 7.98. The summed E-state index contributed by atoms with van der Waals surface area (Å²) in [6.07, 6.45) is 1.81. The molecule has 0 atom stereocenters. The second-order valence-electron chi connectivity index (χ2n) is 4.54. The summed E-state index contributed by atoms with van der Waals surface area (Å²) in [5.74, 6) is -1.18. The number of nitrogens with one attached hydrogen (secondary N) is 1. The lowest BCUT2D eigenvalue weighted by atomic mass is 10.1. The Morgan fingerprint density at radius 3 is 2.35 bits per heavy atom. The molecule has 0 aliphatic rings. The van der Waals surface area contributed by atoms with Crippen molar-refractivity contribution in [3.63, 3.8) is 0 Å². The van der Waals surface area contributed by atoms with E-state index in [9.17, 15) is 19.7 Å². The monoisotopic (exact) mass is 331 g/mol. The van der Waals surface area contributed by atoms with E-state index < -0.39 is 16.7 Å². The smallest absolute Gasteiger partial charge is 0.282 e. The summed E-state index contributed by atoms with van der Waals surface area (Å²) >= 11 is 1.38. The molecule has 2 amide bonds. The van der Waals surface area contributed by atoms with Gasteiger partial charge in [-0.1, -0.05) is 0 Å². The predicted molar refractivity (Wildman–Crippen MR) is 87.8 cm³/mol. The number of amides is 2. The molecule has 118 valence electrons. The normalized spacial score (nSPS) is 10.1. The first-order chi connectivity index (χ1) is 10.9. The minimum Gasteiger partial charge on any atom is -0.366 e. The molecule has 0 unspecified atom stereocenters. The highest BCUT2D eigenvalue weighted by Gasteiger charge is 2.20. The molecule has 0 spiro atoms. The zero-order chi connectivity index (χ0) is 17.0. The molecular weight excluding hydrogens is 318 g/mol. The zero-order valence-corrected chi connectivity index (χ0v) is 12.9. The Morgan fingerprint density at radius 1 is 1.17 bits per heavy atom. The number of nitro benzene ring substituents is 1. The Balaban J connectivity index is 2.29. The molecule has 2 rings (SSSR count). The van der Waals surface area contributed by atoms with Gasteiger partial charge in [0.2, 0.25) is 5.91 Å². The van der Waals surface area contributed by atoms with Gasteiger partial charge in [0.05, 0.1) is 4.92 Å². The van der Waals surface area contributed by atoms with Gasteiger partial charge >= 0.3 is 0 Å². The predicted octanol–water partition coefficient (Wildman–Crippen LogP) is 2.67. The van der Waals surface area contributed by atoms with Crippen LogP contribution in [0, 0.1) is 10.1 Å². The van der Waals surface area contributed by atoms with Crippen LogP contribution in [-0.4, -0.2) is 23.0 Å². The molecule has 0 saturated heterocycles. The van der Waals surface area contributed by atoms with E-state index in [2.05, 4.69) is 5.32 Å². The lowest BCUT2D eigenvalue weighted by molar-refractivity contribution is -0.385. The first kappa shape index (κ1) is 16.5. The minimum absolute atomic E-state index is 0.0270. The molecule has 0 aliphatic heterocycles. The Labute approximate surface area is 136 Å². The quantitative estimate of drug-likeness (QED) is 0.496. The fourth-order valence-electron chi connectivity index (χ4n) is 1.90. The van der Waals surface area contributed by atoms with Gasteiger partial charge in [0, 0.05) is 22.2 Å². The molecule has 2 aromatic carbocycles. The third kappa shape index (κ3) is 3.86. The maximum absolute atomic E-state index is 12.3. The minimum atomic E-state index is -0.602. The maximum atomic E-state index is 12.3. The lowest BCUT2D eigenvalue weighted by Crippen LogP contribution is -2.15. The van der Waals surface area contributed by atoms with Crippen molar-refractivity contribution in [2.75, 3.05) is 11.6 Å². The number of carbonyl (C=O) groups is 2. The first-order valence-electron chi connectivity index (χ1n) is 6.46. The van der Waals surface area contributed by atoms with Crippen LogP contribution in [-0.2, 0) is 0 Å². The van der Waals surface area contributed by atoms with Gasteiger partial charge in [-0.25, -0.2) is 0 Å². The van der Waals surface area contributed by atoms with Crippen LogP contribution in [0.1, 0.15) is 20.7 Å². The van der Waals surface area contributed by atoms with Gasteiger partial charge < -0.3 is 11.1 Å². The van der Waals surface area contributed by atoms with Crippen molar-refractivity contribution in [1.82, 2.24) is 0 Å². The molecule has 8 heteroatoms. The molecule has 3 N–H and O–H groups in total. The second kappa shape index (κ2) is 6.93. The Kier molecular flexibility index (Phi) is 4.97. The molecule has 0 fully saturated rings. The molecule has 7 nitrogen and oxygen atoms in total. The van der Waals surface area contributed by atoms with E-state index in [-0.39, 0.29) is 11.3 Å². The average Bonchev–Trinajstić information content (AvgIpc) is 2.54. The van der Waals surface area contributed by atoms with Crippen LogP contribution in [0.3, 0.4) is 0 Å². The van der Waals surface area contributed by atoms with E-state index in [1.54, 1.807) is 6.07 Å². The van der Waals surface area contributed by atoms with Crippen LogP contribution in [0.25, 0.3) is 0 Å². The van der Waals surface area contributed by atoms with Crippen molar-refractivity contribution in [1.29, 1.82) is 0 Å². The molecule has 0 saturated carbocycles. The number of carbonyl (C=O) groups excluding carboxylic acids is 2. The number of hydrogen-bond acceptors (Lipinski definition) is 5. The Hall–Kier alpha value is -2.87. The van der Waals surface area contributed by atoms with E-state index in [1.807, 2.05) is 6.26 Å². The summed E-state index contributed by atoms with van der Waals surface area (Å²) in [4.78, 5) is 34.5. The van der Waals surface area contributed by atoms with Gasteiger partial charge in [0.25, 0.3) is 11.6 Å². The van der Waals surface area contributed by atoms with Crippen LogP contribution >= 0.6 is 11.8 Å². The Morgan fingerprint density at radius 2 is 1.83 bits per heavy atom. The van der Waals surface area contributed by atoms with Crippen molar-refractivity contribution < 1.29 is 14.5 Å². The van der Waals surface area contributed by atoms with Crippen LogP contribution in [0.4, 0.5) is 11.4 Å². The third-order valence-corrected chi connectivity index (χ3v) is 3.80. The van der Waals surface area contributed by atoms with E-state index in [0.717, 1.165) is 4.90 Å². The summed E-state index contributed by atoms with van der Waals surface area (Å²) in [5, 5.41) is 13.6. The molecule has 0 heterocycles. The van der Waals surface area contributed by atoms with E-state index in [0.29, 0.717) is 11.3 Å². The molecule has 0 bridgehead atoms. The SMILES string of the molecule is CSc1ccc([N+](=O)[O-])c(C(=O)Nc2ccc(C(N)=O)cc2)c1. The number of benzene rings is 2. The van der Waals surface area contributed by atoms with Gasteiger partial charge in [-0.15, -0.1) is 11.8 Å². The molecule has 2 aromatic rings. The fraction of sp³-hybridized carbons (Fsp3) is 0.0667.